The van der Waals surface area contributed by atoms with Crippen LogP contribution >= 0.6 is 0 Å². The summed E-state index contributed by atoms with van der Waals surface area (Å²) >= 11 is 0. The number of aliphatic hydroxyl groups excluding tert-OH is 1. The number of nitrogens with one attached hydrogen (secondary N) is 2. The Hall–Kier alpha value is -0.610. The smallest absolute Gasteiger partial charge is 0.236 e. The van der Waals surface area contributed by atoms with E-state index in [9.17, 15) is 4.79 Å². The van der Waals surface area contributed by atoms with Crippen molar-refractivity contribution in [2.24, 2.45) is 0 Å². The Balaban J connectivity index is 3.88. The zero-order valence-electron chi connectivity index (χ0n) is 11.7. The maximum Gasteiger partial charge on any atom is 0.236 e. The predicted octanol–water partition coefficient (Wildman–Crippen LogP) is 1.43. The summed E-state index contributed by atoms with van der Waals surface area (Å²) in [7, 11) is 0. The van der Waals surface area contributed by atoms with Crippen molar-refractivity contribution in [2.45, 2.75) is 65.0 Å². The molecular formula is C13H28N2O2. The molecule has 0 saturated heterocycles. The fourth-order valence-corrected chi connectivity index (χ4v) is 1.74. The van der Waals surface area contributed by atoms with Crippen LogP contribution in [0, 0.1) is 0 Å². The second-order valence-corrected chi connectivity index (χ2v) is 5.22. The van der Waals surface area contributed by atoms with Crippen molar-refractivity contribution in [3.05, 3.63) is 0 Å². The molecule has 0 heterocycles. The van der Waals surface area contributed by atoms with Gasteiger partial charge in [0, 0.05) is 18.7 Å². The Kier molecular flexibility index (Phi) is 8.17. The van der Waals surface area contributed by atoms with Crippen molar-refractivity contribution in [1.29, 1.82) is 0 Å². The molecule has 0 saturated carbocycles. The van der Waals surface area contributed by atoms with Gasteiger partial charge >= 0.3 is 0 Å². The lowest BCUT2D eigenvalue weighted by Gasteiger charge is -2.29. The number of rotatable bonds is 9. The van der Waals surface area contributed by atoms with Crippen molar-refractivity contribution in [3.63, 3.8) is 0 Å². The first kappa shape index (κ1) is 16.4. The van der Waals surface area contributed by atoms with Gasteiger partial charge in [0.1, 0.15) is 0 Å². The molecule has 1 unspecified atom stereocenters. The molecule has 3 N–H and O–H groups in total. The quantitative estimate of drug-likeness (QED) is 0.538. The first-order valence-corrected chi connectivity index (χ1v) is 6.59. The summed E-state index contributed by atoms with van der Waals surface area (Å²) in [6.45, 7) is 8.86. The SMILES string of the molecule is CCCCCNC(=O)C(C)NC(C)(C)CCO. The van der Waals surface area contributed by atoms with E-state index in [1.165, 1.54) is 0 Å². The fraction of sp³-hybridized carbons (Fsp3) is 0.923. The molecule has 1 amide bonds. The Bertz CT molecular complexity index is 217. The van der Waals surface area contributed by atoms with Crippen LogP contribution in [0.3, 0.4) is 0 Å². The van der Waals surface area contributed by atoms with E-state index in [-0.39, 0.29) is 24.1 Å². The van der Waals surface area contributed by atoms with E-state index in [0.717, 1.165) is 25.8 Å². The number of carbonyl (C=O) groups is 1. The van der Waals surface area contributed by atoms with Gasteiger partial charge in [0.15, 0.2) is 0 Å². The highest BCUT2D eigenvalue weighted by Crippen LogP contribution is 2.08. The second-order valence-electron chi connectivity index (χ2n) is 5.22. The number of amides is 1. The van der Waals surface area contributed by atoms with Gasteiger partial charge in [-0.25, -0.2) is 0 Å². The average Bonchev–Trinajstić information content (AvgIpc) is 2.23. The lowest BCUT2D eigenvalue weighted by molar-refractivity contribution is -0.123. The molecule has 0 radical (unpaired) electrons. The van der Waals surface area contributed by atoms with Crippen LogP contribution in [0.5, 0.6) is 0 Å². The average molecular weight is 244 g/mol. The number of hydrogen-bond donors (Lipinski definition) is 3. The van der Waals surface area contributed by atoms with E-state index in [4.69, 9.17) is 5.11 Å². The summed E-state index contributed by atoms with van der Waals surface area (Å²) in [4.78, 5) is 11.8. The Labute approximate surface area is 105 Å². The minimum atomic E-state index is -0.224. The van der Waals surface area contributed by atoms with Gasteiger partial charge in [0.2, 0.25) is 5.91 Å². The maximum absolute atomic E-state index is 11.8. The number of aliphatic hydroxyl groups is 1. The third kappa shape index (κ3) is 8.16. The number of unbranched alkanes of at least 4 members (excludes halogenated alkanes) is 2. The molecule has 0 rings (SSSR count). The molecular weight excluding hydrogens is 216 g/mol. The highest BCUT2D eigenvalue weighted by molar-refractivity contribution is 5.81. The Morgan fingerprint density at radius 2 is 2.00 bits per heavy atom. The van der Waals surface area contributed by atoms with E-state index in [1.54, 1.807) is 0 Å². The minimum absolute atomic E-state index is 0.0344. The summed E-state index contributed by atoms with van der Waals surface area (Å²) in [5.74, 6) is 0.0344. The third-order valence-electron chi connectivity index (χ3n) is 2.82. The van der Waals surface area contributed by atoms with Crippen molar-refractivity contribution >= 4 is 5.91 Å². The molecule has 0 aromatic heterocycles. The summed E-state index contributed by atoms with van der Waals surface area (Å²) in [6, 6.07) is -0.224. The van der Waals surface area contributed by atoms with Crippen LogP contribution in [0.15, 0.2) is 0 Å². The van der Waals surface area contributed by atoms with Crippen LogP contribution in [0.2, 0.25) is 0 Å². The van der Waals surface area contributed by atoms with Gasteiger partial charge in [-0.1, -0.05) is 19.8 Å². The summed E-state index contributed by atoms with van der Waals surface area (Å²) in [6.07, 6.45) is 3.99. The summed E-state index contributed by atoms with van der Waals surface area (Å²) in [5, 5.41) is 15.1. The Morgan fingerprint density at radius 1 is 1.35 bits per heavy atom. The lowest BCUT2D eigenvalue weighted by atomic mass is 10.00. The van der Waals surface area contributed by atoms with Crippen LogP contribution in [0.1, 0.15) is 53.4 Å². The number of hydrogen-bond acceptors (Lipinski definition) is 3. The predicted molar refractivity (Wildman–Crippen MR) is 70.9 cm³/mol. The zero-order valence-corrected chi connectivity index (χ0v) is 11.7. The van der Waals surface area contributed by atoms with E-state index in [1.807, 2.05) is 20.8 Å². The van der Waals surface area contributed by atoms with Crippen molar-refractivity contribution in [3.8, 4) is 0 Å². The van der Waals surface area contributed by atoms with E-state index in [2.05, 4.69) is 17.6 Å². The second kappa shape index (κ2) is 8.48. The van der Waals surface area contributed by atoms with E-state index >= 15 is 0 Å². The number of carbonyl (C=O) groups excluding carboxylic acids is 1. The maximum atomic E-state index is 11.8. The van der Waals surface area contributed by atoms with Crippen molar-refractivity contribution < 1.29 is 9.90 Å². The highest BCUT2D eigenvalue weighted by Gasteiger charge is 2.22. The van der Waals surface area contributed by atoms with Gasteiger partial charge in [-0.15, -0.1) is 0 Å². The van der Waals surface area contributed by atoms with E-state index in [0.29, 0.717) is 6.42 Å². The summed E-state index contributed by atoms with van der Waals surface area (Å²) < 4.78 is 0. The van der Waals surface area contributed by atoms with Gasteiger partial charge in [0.05, 0.1) is 6.04 Å². The molecule has 1 atom stereocenters. The molecule has 102 valence electrons. The van der Waals surface area contributed by atoms with Gasteiger partial charge < -0.3 is 15.7 Å². The van der Waals surface area contributed by atoms with E-state index < -0.39 is 0 Å². The molecule has 0 spiro atoms. The molecule has 0 aromatic carbocycles. The van der Waals surface area contributed by atoms with Gasteiger partial charge in [-0.05, 0) is 33.6 Å². The highest BCUT2D eigenvalue weighted by atomic mass is 16.3. The molecule has 0 aliphatic heterocycles. The van der Waals surface area contributed by atoms with Crippen LogP contribution in [0.25, 0.3) is 0 Å². The van der Waals surface area contributed by atoms with Gasteiger partial charge in [0.25, 0.3) is 0 Å². The van der Waals surface area contributed by atoms with Crippen LogP contribution in [-0.4, -0.2) is 35.7 Å². The third-order valence-corrected chi connectivity index (χ3v) is 2.82. The molecule has 17 heavy (non-hydrogen) atoms. The standard InChI is InChI=1S/C13H28N2O2/c1-5-6-7-9-14-12(17)11(2)15-13(3,4)8-10-16/h11,15-16H,5-10H2,1-4H3,(H,14,17). The molecule has 0 aliphatic carbocycles. The van der Waals surface area contributed by atoms with Crippen LogP contribution in [-0.2, 0) is 4.79 Å². The van der Waals surface area contributed by atoms with Crippen molar-refractivity contribution in [2.75, 3.05) is 13.2 Å². The molecule has 0 aromatic rings. The molecule has 0 bridgehead atoms. The molecule has 0 fully saturated rings. The molecule has 4 heteroatoms. The first-order chi connectivity index (χ1) is 7.93. The topological polar surface area (TPSA) is 61.4 Å². The lowest BCUT2D eigenvalue weighted by Crippen LogP contribution is -2.51. The first-order valence-electron chi connectivity index (χ1n) is 6.59. The monoisotopic (exact) mass is 244 g/mol. The summed E-state index contributed by atoms with van der Waals surface area (Å²) in [5.41, 5.74) is -0.213. The molecule has 4 nitrogen and oxygen atoms in total. The van der Waals surface area contributed by atoms with Crippen LogP contribution < -0.4 is 10.6 Å². The van der Waals surface area contributed by atoms with Crippen LogP contribution in [0.4, 0.5) is 0 Å². The van der Waals surface area contributed by atoms with Gasteiger partial charge in [-0.3, -0.25) is 4.79 Å². The Morgan fingerprint density at radius 3 is 2.53 bits per heavy atom. The van der Waals surface area contributed by atoms with Crippen molar-refractivity contribution in [1.82, 2.24) is 10.6 Å². The normalized spacial score (nSPS) is 13.5. The molecule has 0 aliphatic rings. The van der Waals surface area contributed by atoms with Gasteiger partial charge in [-0.2, -0.15) is 0 Å². The minimum Gasteiger partial charge on any atom is -0.396 e. The largest absolute Gasteiger partial charge is 0.396 e. The fourth-order valence-electron chi connectivity index (χ4n) is 1.74. The zero-order chi connectivity index (χ0) is 13.3.